The van der Waals surface area contributed by atoms with Gasteiger partial charge in [0.05, 0.1) is 24.3 Å². The predicted molar refractivity (Wildman–Crippen MR) is 96.0 cm³/mol. The van der Waals surface area contributed by atoms with Crippen molar-refractivity contribution in [3.63, 3.8) is 0 Å². The van der Waals surface area contributed by atoms with Gasteiger partial charge in [0.25, 0.3) is 5.91 Å². The quantitative estimate of drug-likeness (QED) is 0.878. The number of aliphatic hydroxyl groups is 1. The van der Waals surface area contributed by atoms with E-state index in [1.165, 1.54) is 0 Å². The minimum absolute atomic E-state index is 0.0957. The number of nitrogens with zero attached hydrogens (tertiary/aromatic N) is 1. The molecule has 2 aliphatic rings. The van der Waals surface area contributed by atoms with Gasteiger partial charge >= 0.3 is 0 Å². The number of hydrogen-bond acceptors (Lipinski definition) is 4. The van der Waals surface area contributed by atoms with Gasteiger partial charge in [0.2, 0.25) is 0 Å². The highest BCUT2D eigenvalue weighted by atomic mass is 16.5. The van der Waals surface area contributed by atoms with Crippen LogP contribution < -0.4 is 10.1 Å². The first-order valence-corrected chi connectivity index (χ1v) is 9.10. The maximum atomic E-state index is 12.9. The number of benzene rings is 1. The standard InChI is InChI=1S/C20H24N2O3/c1-25-14-7-8-17-15(9-14)16(10-18(22-17)12-5-6-12)20(24)21-11-13-3-2-4-19(13)23/h7-10,12-13,19,23H,2-6,11H2,1H3,(H,21,24). The average molecular weight is 340 g/mol. The number of nitrogens with one attached hydrogen (secondary N) is 1. The van der Waals surface area contributed by atoms with Crippen LogP contribution in [-0.2, 0) is 0 Å². The van der Waals surface area contributed by atoms with E-state index in [9.17, 15) is 9.90 Å². The third-order valence-electron chi connectivity index (χ3n) is 5.42. The van der Waals surface area contributed by atoms with Crippen molar-refractivity contribution in [3.05, 3.63) is 35.5 Å². The predicted octanol–water partition coefficient (Wildman–Crippen LogP) is 3.01. The maximum absolute atomic E-state index is 12.9. The summed E-state index contributed by atoms with van der Waals surface area (Å²) in [5, 5.41) is 13.8. The van der Waals surface area contributed by atoms with E-state index in [0.29, 0.717) is 23.8 Å². The van der Waals surface area contributed by atoms with E-state index in [0.717, 1.165) is 48.7 Å². The summed E-state index contributed by atoms with van der Waals surface area (Å²) in [6, 6.07) is 7.60. The van der Waals surface area contributed by atoms with Crippen LogP contribution in [0.2, 0.25) is 0 Å². The van der Waals surface area contributed by atoms with E-state index >= 15 is 0 Å². The SMILES string of the molecule is COc1ccc2nc(C3CC3)cc(C(=O)NCC3CCCC3O)c2c1. The third kappa shape index (κ3) is 3.33. The monoisotopic (exact) mass is 340 g/mol. The highest BCUT2D eigenvalue weighted by Gasteiger charge is 2.28. The van der Waals surface area contributed by atoms with Gasteiger partial charge in [0.15, 0.2) is 0 Å². The second kappa shape index (κ2) is 6.64. The van der Waals surface area contributed by atoms with Crippen LogP contribution in [0.1, 0.15) is 54.1 Å². The minimum atomic E-state index is -0.295. The van der Waals surface area contributed by atoms with Gasteiger partial charge in [0, 0.05) is 29.5 Å². The molecule has 1 amide bonds. The first-order valence-electron chi connectivity index (χ1n) is 9.10. The van der Waals surface area contributed by atoms with Crippen LogP contribution in [0.15, 0.2) is 24.3 Å². The molecule has 1 aromatic heterocycles. The van der Waals surface area contributed by atoms with Crippen LogP contribution in [-0.4, -0.2) is 35.8 Å². The molecule has 2 atom stereocenters. The number of carbonyl (C=O) groups excluding carboxylic acids is 1. The number of ether oxygens (including phenoxy) is 1. The first kappa shape index (κ1) is 16.3. The normalized spacial score (nSPS) is 23.0. The second-order valence-corrected chi connectivity index (χ2v) is 7.22. The molecule has 2 fully saturated rings. The molecule has 132 valence electrons. The van der Waals surface area contributed by atoms with Gasteiger partial charge in [-0.25, -0.2) is 0 Å². The number of aromatic nitrogens is 1. The topological polar surface area (TPSA) is 71.5 Å². The summed E-state index contributed by atoms with van der Waals surface area (Å²) in [5.41, 5.74) is 2.48. The molecule has 0 aliphatic heterocycles. The lowest BCUT2D eigenvalue weighted by atomic mass is 10.0. The Balaban J connectivity index is 1.64. The van der Waals surface area contributed by atoms with Crippen molar-refractivity contribution < 1.29 is 14.6 Å². The first-order chi connectivity index (χ1) is 12.2. The highest BCUT2D eigenvalue weighted by molar-refractivity contribution is 6.06. The van der Waals surface area contributed by atoms with Gasteiger partial charge in [-0.15, -0.1) is 0 Å². The van der Waals surface area contributed by atoms with E-state index in [-0.39, 0.29) is 17.9 Å². The Kier molecular flexibility index (Phi) is 4.34. The molecule has 5 heteroatoms. The Morgan fingerprint density at radius 1 is 1.28 bits per heavy atom. The van der Waals surface area contributed by atoms with Crippen LogP contribution in [0.4, 0.5) is 0 Å². The van der Waals surface area contributed by atoms with Gasteiger partial charge in [-0.1, -0.05) is 6.42 Å². The van der Waals surface area contributed by atoms with E-state index in [4.69, 9.17) is 9.72 Å². The molecular weight excluding hydrogens is 316 g/mol. The van der Waals surface area contributed by atoms with Crippen LogP contribution in [0, 0.1) is 5.92 Å². The van der Waals surface area contributed by atoms with Crippen LogP contribution in [0.25, 0.3) is 10.9 Å². The number of fused-ring (bicyclic) bond motifs is 1. The van der Waals surface area contributed by atoms with Crippen LogP contribution in [0.5, 0.6) is 5.75 Å². The van der Waals surface area contributed by atoms with E-state index in [2.05, 4.69) is 5.32 Å². The number of hydrogen-bond donors (Lipinski definition) is 2. The minimum Gasteiger partial charge on any atom is -0.497 e. The van der Waals surface area contributed by atoms with E-state index < -0.39 is 0 Å². The van der Waals surface area contributed by atoms with Crippen molar-refractivity contribution >= 4 is 16.8 Å². The molecule has 0 spiro atoms. The Labute approximate surface area is 147 Å². The van der Waals surface area contributed by atoms with Crippen LogP contribution in [0.3, 0.4) is 0 Å². The maximum Gasteiger partial charge on any atom is 0.252 e. The third-order valence-corrected chi connectivity index (χ3v) is 5.42. The summed E-state index contributed by atoms with van der Waals surface area (Å²) in [5.74, 6) is 1.26. The van der Waals surface area contributed by atoms with Crippen molar-refractivity contribution in [2.24, 2.45) is 5.92 Å². The van der Waals surface area contributed by atoms with E-state index in [1.807, 2.05) is 24.3 Å². The average Bonchev–Trinajstić information content (AvgIpc) is 3.40. The highest BCUT2D eigenvalue weighted by Crippen LogP contribution is 2.40. The molecule has 0 bridgehead atoms. The molecule has 2 saturated carbocycles. The summed E-state index contributed by atoms with van der Waals surface area (Å²) < 4.78 is 5.31. The lowest BCUT2D eigenvalue weighted by molar-refractivity contribution is 0.0918. The number of aliphatic hydroxyl groups excluding tert-OH is 1. The zero-order valence-electron chi connectivity index (χ0n) is 14.5. The van der Waals surface area contributed by atoms with Crippen LogP contribution >= 0.6 is 0 Å². The summed E-state index contributed by atoms with van der Waals surface area (Å²) in [4.78, 5) is 17.6. The van der Waals surface area contributed by atoms with Crippen molar-refractivity contribution in [1.82, 2.24) is 10.3 Å². The Morgan fingerprint density at radius 3 is 2.80 bits per heavy atom. The van der Waals surface area contributed by atoms with Gasteiger partial charge in [-0.2, -0.15) is 0 Å². The molecule has 5 nitrogen and oxygen atoms in total. The lowest BCUT2D eigenvalue weighted by Crippen LogP contribution is -2.32. The molecule has 2 aromatic rings. The molecule has 1 aromatic carbocycles. The number of amides is 1. The molecule has 2 unspecified atom stereocenters. The molecule has 0 radical (unpaired) electrons. The Hall–Kier alpha value is -2.14. The molecular formula is C20H24N2O3. The molecule has 2 aliphatic carbocycles. The number of methoxy groups -OCH3 is 1. The van der Waals surface area contributed by atoms with Crippen molar-refractivity contribution in [1.29, 1.82) is 0 Å². The fourth-order valence-corrected chi connectivity index (χ4v) is 3.70. The fraction of sp³-hybridized carbons (Fsp3) is 0.500. The summed E-state index contributed by atoms with van der Waals surface area (Å²) in [6.07, 6.45) is 4.83. The summed E-state index contributed by atoms with van der Waals surface area (Å²) in [7, 11) is 1.62. The molecule has 2 N–H and O–H groups in total. The van der Waals surface area contributed by atoms with E-state index in [1.54, 1.807) is 7.11 Å². The smallest absolute Gasteiger partial charge is 0.252 e. The number of pyridine rings is 1. The number of rotatable bonds is 5. The largest absolute Gasteiger partial charge is 0.497 e. The molecule has 25 heavy (non-hydrogen) atoms. The summed E-state index contributed by atoms with van der Waals surface area (Å²) >= 11 is 0. The zero-order valence-corrected chi connectivity index (χ0v) is 14.5. The fourth-order valence-electron chi connectivity index (χ4n) is 3.70. The second-order valence-electron chi connectivity index (χ2n) is 7.22. The van der Waals surface area contributed by atoms with Gasteiger partial charge in [-0.3, -0.25) is 9.78 Å². The lowest BCUT2D eigenvalue weighted by Gasteiger charge is -2.16. The van der Waals surface area contributed by atoms with Gasteiger partial charge in [-0.05, 0) is 49.9 Å². The zero-order chi connectivity index (χ0) is 17.4. The number of carbonyl (C=O) groups is 1. The van der Waals surface area contributed by atoms with Crippen molar-refractivity contribution in [3.8, 4) is 5.75 Å². The Bertz CT molecular complexity index is 801. The van der Waals surface area contributed by atoms with Crippen molar-refractivity contribution in [2.75, 3.05) is 13.7 Å². The molecule has 4 rings (SSSR count). The van der Waals surface area contributed by atoms with Gasteiger partial charge in [0.1, 0.15) is 5.75 Å². The Morgan fingerprint density at radius 2 is 2.12 bits per heavy atom. The van der Waals surface area contributed by atoms with Gasteiger partial charge < -0.3 is 15.2 Å². The molecule has 0 saturated heterocycles. The summed E-state index contributed by atoms with van der Waals surface area (Å²) in [6.45, 7) is 0.520. The van der Waals surface area contributed by atoms with Crippen molar-refractivity contribution in [2.45, 2.75) is 44.1 Å². The molecule has 1 heterocycles.